The van der Waals surface area contributed by atoms with E-state index in [9.17, 15) is 0 Å². The van der Waals surface area contributed by atoms with Crippen molar-refractivity contribution in [3.05, 3.63) is 35.5 Å². The number of methoxy groups -OCH3 is 1. The van der Waals surface area contributed by atoms with E-state index in [1.54, 1.807) is 7.11 Å². The van der Waals surface area contributed by atoms with Crippen molar-refractivity contribution in [3.8, 4) is 5.75 Å². The molecule has 0 unspecified atom stereocenters. The lowest BCUT2D eigenvalue weighted by molar-refractivity contribution is 0.414. The van der Waals surface area contributed by atoms with Crippen LogP contribution in [0.5, 0.6) is 5.75 Å². The van der Waals surface area contributed by atoms with Crippen LogP contribution in [-0.4, -0.2) is 35.6 Å². The molecule has 0 fully saturated rings. The summed E-state index contributed by atoms with van der Waals surface area (Å²) in [6.45, 7) is 6.24. The molecule has 0 aliphatic carbocycles. The Kier molecular flexibility index (Phi) is 9.38. The van der Waals surface area contributed by atoms with Crippen molar-refractivity contribution in [2.75, 3.05) is 30.8 Å². The van der Waals surface area contributed by atoms with Crippen LogP contribution in [0.4, 0.5) is 11.5 Å². The Labute approximate surface area is 163 Å². The van der Waals surface area contributed by atoms with Gasteiger partial charge >= 0.3 is 0 Å². The summed E-state index contributed by atoms with van der Waals surface area (Å²) in [7, 11) is 1.68. The Morgan fingerprint density at radius 3 is 2.15 bits per heavy atom. The first kappa shape index (κ1) is 20.9. The highest BCUT2D eigenvalue weighted by Gasteiger charge is 2.13. The van der Waals surface area contributed by atoms with Crippen LogP contribution in [0.1, 0.15) is 63.6 Å². The largest absolute Gasteiger partial charge is 0.497 e. The van der Waals surface area contributed by atoms with Crippen LogP contribution in [0.15, 0.2) is 24.3 Å². The van der Waals surface area contributed by atoms with Gasteiger partial charge in [0.1, 0.15) is 11.4 Å². The summed E-state index contributed by atoms with van der Waals surface area (Å²) < 4.78 is 5.24. The number of anilines is 2. The number of benzene rings is 1. The highest BCUT2D eigenvalue weighted by molar-refractivity contribution is 5.66. The zero-order valence-electron chi connectivity index (χ0n) is 16.9. The second-order valence-electron chi connectivity index (χ2n) is 6.75. The summed E-state index contributed by atoms with van der Waals surface area (Å²) in [6, 6.07) is 8.08. The second kappa shape index (κ2) is 12.1. The van der Waals surface area contributed by atoms with Crippen molar-refractivity contribution in [1.29, 1.82) is 0 Å². The molecule has 6 heteroatoms. The fourth-order valence-corrected chi connectivity index (χ4v) is 2.90. The summed E-state index contributed by atoms with van der Waals surface area (Å²) in [5, 5.41) is 19.6. The highest BCUT2D eigenvalue weighted by Crippen LogP contribution is 2.25. The summed E-state index contributed by atoms with van der Waals surface area (Å²) in [5.74, 6) is 1.66. The lowest BCUT2D eigenvalue weighted by Gasteiger charge is -2.15. The van der Waals surface area contributed by atoms with E-state index < -0.39 is 0 Å². The molecular formula is C21H33N5O. The molecule has 148 valence electrons. The number of nitrogens with one attached hydrogen (secondary N) is 2. The predicted molar refractivity (Wildman–Crippen MR) is 112 cm³/mol. The topological polar surface area (TPSA) is 72.0 Å². The van der Waals surface area contributed by atoms with E-state index in [0.717, 1.165) is 48.9 Å². The Bertz CT molecular complexity index is 660. The van der Waals surface area contributed by atoms with Gasteiger partial charge in [0.15, 0.2) is 5.82 Å². The average Bonchev–Trinajstić information content (AvgIpc) is 2.70. The summed E-state index contributed by atoms with van der Waals surface area (Å²) >= 11 is 0. The number of aromatic nitrogens is 3. The van der Waals surface area contributed by atoms with Gasteiger partial charge in [0.2, 0.25) is 0 Å². The Balaban J connectivity index is 2.13. The maximum Gasteiger partial charge on any atom is 0.175 e. The van der Waals surface area contributed by atoms with Gasteiger partial charge < -0.3 is 15.4 Å². The molecule has 0 aliphatic rings. The standard InChI is InChI=1S/C21H33N5O/c1-4-6-8-14-22-20-19(16-17-10-12-18(27-3)13-11-17)24-26-25-21(20)23-15-9-7-5-2/h10-13H,4-9,14-16H2,1-3H3,(H,22,26)(H,23,24,25). The Morgan fingerprint density at radius 2 is 1.52 bits per heavy atom. The number of ether oxygens (including phenoxy) is 1. The minimum absolute atomic E-state index is 0.708. The Morgan fingerprint density at radius 1 is 0.852 bits per heavy atom. The molecule has 0 bridgehead atoms. The predicted octanol–water partition coefficient (Wildman–Crippen LogP) is 4.68. The number of hydrogen-bond donors (Lipinski definition) is 2. The minimum Gasteiger partial charge on any atom is -0.497 e. The second-order valence-corrected chi connectivity index (χ2v) is 6.75. The van der Waals surface area contributed by atoms with Gasteiger partial charge in [0.25, 0.3) is 0 Å². The third-order valence-corrected chi connectivity index (χ3v) is 4.52. The van der Waals surface area contributed by atoms with Gasteiger partial charge in [-0.05, 0) is 35.8 Å². The van der Waals surface area contributed by atoms with Crippen molar-refractivity contribution in [2.24, 2.45) is 0 Å². The van der Waals surface area contributed by atoms with Crippen LogP contribution >= 0.6 is 0 Å². The zero-order valence-corrected chi connectivity index (χ0v) is 16.9. The van der Waals surface area contributed by atoms with Crippen molar-refractivity contribution in [1.82, 2.24) is 15.4 Å². The lowest BCUT2D eigenvalue weighted by Crippen LogP contribution is -2.14. The zero-order chi connectivity index (χ0) is 19.3. The van der Waals surface area contributed by atoms with Gasteiger partial charge in [-0.1, -0.05) is 51.7 Å². The quantitative estimate of drug-likeness (QED) is 0.498. The maximum atomic E-state index is 5.24. The van der Waals surface area contributed by atoms with E-state index in [4.69, 9.17) is 4.74 Å². The molecule has 0 amide bonds. The highest BCUT2D eigenvalue weighted by atomic mass is 16.5. The van der Waals surface area contributed by atoms with Crippen molar-refractivity contribution < 1.29 is 4.74 Å². The molecule has 0 spiro atoms. The van der Waals surface area contributed by atoms with E-state index in [0.29, 0.717) is 6.42 Å². The van der Waals surface area contributed by atoms with E-state index in [1.807, 2.05) is 12.1 Å². The van der Waals surface area contributed by atoms with Gasteiger partial charge in [-0.15, -0.1) is 10.2 Å². The van der Waals surface area contributed by atoms with Gasteiger partial charge in [-0.3, -0.25) is 0 Å². The number of rotatable bonds is 13. The SMILES string of the molecule is CCCCCNc1nnnc(Cc2ccc(OC)cc2)c1NCCCCC. The van der Waals surface area contributed by atoms with Crippen LogP contribution < -0.4 is 15.4 Å². The number of nitrogens with zero attached hydrogens (tertiary/aromatic N) is 3. The van der Waals surface area contributed by atoms with E-state index in [1.165, 1.54) is 31.2 Å². The molecule has 2 N–H and O–H groups in total. The molecule has 0 saturated heterocycles. The molecule has 0 aliphatic heterocycles. The molecule has 1 aromatic heterocycles. The monoisotopic (exact) mass is 371 g/mol. The van der Waals surface area contributed by atoms with Gasteiger partial charge in [-0.25, -0.2) is 0 Å². The smallest absolute Gasteiger partial charge is 0.175 e. The first-order valence-corrected chi connectivity index (χ1v) is 10.1. The summed E-state index contributed by atoms with van der Waals surface area (Å²) in [6.07, 6.45) is 7.80. The molecule has 6 nitrogen and oxygen atoms in total. The van der Waals surface area contributed by atoms with Gasteiger partial charge in [0.05, 0.1) is 12.8 Å². The molecule has 27 heavy (non-hydrogen) atoms. The van der Waals surface area contributed by atoms with E-state index in [2.05, 4.69) is 52.0 Å². The molecule has 2 rings (SSSR count). The van der Waals surface area contributed by atoms with Crippen molar-refractivity contribution >= 4 is 11.5 Å². The van der Waals surface area contributed by atoms with E-state index >= 15 is 0 Å². The molecule has 2 aromatic rings. The van der Waals surface area contributed by atoms with Crippen molar-refractivity contribution in [2.45, 2.75) is 58.8 Å². The molecule has 0 atom stereocenters. The maximum absolute atomic E-state index is 5.24. The molecule has 1 aromatic carbocycles. The minimum atomic E-state index is 0.708. The summed E-state index contributed by atoms with van der Waals surface area (Å²) in [5.41, 5.74) is 3.07. The lowest BCUT2D eigenvalue weighted by atomic mass is 10.1. The van der Waals surface area contributed by atoms with Crippen molar-refractivity contribution in [3.63, 3.8) is 0 Å². The summed E-state index contributed by atoms with van der Waals surface area (Å²) in [4.78, 5) is 0. The molecule has 0 radical (unpaired) electrons. The van der Waals surface area contributed by atoms with Gasteiger partial charge in [0, 0.05) is 19.5 Å². The van der Waals surface area contributed by atoms with Crippen LogP contribution in [0, 0.1) is 0 Å². The van der Waals surface area contributed by atoms with Crippen LogP contribution in [-0.2, 0) is 6.42 Å². The number of hydrogen-bond acceptors (Lipinski definition) is 6. The third kappa shape index (κ3) is 7.04. The normalized spacial score (nSPS) is 10.6. The molecule has 1 heterocycles. The molecular weight excluding hydrogens is 338 g/mol. The average molecular weight is 372 g/mol. The van der Waals surface area contributed by atoms with E-state index in [-0.39, 0.29) is 0 Å². The third-order valence-electron chi connectivity index (χ3n) is 4.52. The molecule has 0 saturated carbocycles. The van der Waals surface area contributed by atoms with Crippen LogP contribution in [0.25, 0.3) is 0 Å². The van der Waals surface area contributed by atoms with Crippen LogP contribution in [0.3, 0.4) is 0 Å². The van der Waals surface area contributed by atoms with Gasteiger partial charge in [-0.2, -0.15) is 0 Å². The van der Waals surface area contributed by atoms with Crippen LogP contribution in [0.2, 0.25) is 0 Å². The number of unbranched alkanes of at least 4 members (excludes halogenated alkanes) is 4. The first-order valence-electron chi connectivity index (χ1n) is 10.1. The first-order chi connectivity index (χ1) is 13.3. The fraction of sp³-hybridized carbons (Fsp3) is 0.571. The fourth-order valence-electron chi connectivity index (χ4n) is 2.90. The Hall–Kier alpha value is -2.37.